The molecule has 0 fully saturated rings. The van der Waals surface area contributed by atoms with Crippen LogP contribution in [0.1, 0.15) is 5.56 Å². The Labute approximate surface area is 107 Å². The zero-order valence-corrected chi connectivity index (χ0v) is 9.85. The monoisotopic (exact) mass is 260 g/mol. The normalized spacial score (nSPS) is 10.8. The number of nitrogens with one attached hydrogen (secondary N) is 1. The van der Waals surface area contributed by atoms with Crippen molar-refractivity contribution in [3.63, 3.8) is 0 Å². The van der Waals surface area contributed by atoms with Gasteiger partial charge in [0.25, 0.3) is 0 Å². The van der Waals surface area contributed by atoms with Gasteiger partial charge in [0.2, 0.25) is 0 Å². The highest BCUT2D eigenvalue weighted by Gasteiger charge is 2.05. The van der Waals surface area contributed by atoms with Gasteiger partial charge in [-0.3, -0.25) is 0 Å². The van der Waals surface area contributed by atoms with Gasteiger partial charge in [-0.15, -0.1) is 0 Å². The summed E-state index contributed by atoms with van der Waals surface area (Å²) in [6.45, 7) is 0.356. The maximum Gasteiger partial charge on any atom is 0.159 e. The first kappa shape index (κ1) is 11.6. The number of hydrogen-bond acceptors (Lipinski definition) is 3. The molecule has 1 N–H and O–H groups in total. The van der Waals surface area contributed by atoms with Crippen molar-refractivity contribution >= 4 is 11.3 Å². The van der Waals surface area contributed by atoms with E-state index >= 15 is 0 Å². The molecule has 2 aromatic heterocycles. The second-order valence-electron chi connectivity index (χ2n) is 4.04. The highest BCUT2D eigenvalue weighted by Crippen LogP contribution is 2.14. The maximum absolute atomic E-state index is 13.1. The van der Waals surface area contributed by atoms with Crippen molar-refractivity contribution in [1.82, 2.24) is 14.6 Å². The van der Waals surface area contributed by atoms with E-state index < -0.39 is 11.6 Å². The van der Waals surface area contributed by atoms with Gasteiger partial charge in [-0.05, 0) is 23.8 Å². The quantitative estimate of drug-likeness (QED) is 0.787. The molecule has 19 heavy (non-hydrogen) atoms. The first-order chi connectivity index (χ1) is 9.24. The largest absolute Gasteiger partial charge is 0.364 e. The summed E-state index contributed by atoms with van der Waals surface area (Å²) in [5.74, 6) is -1.06. The summed E-state index contributed by atoms with van der Waals surface area (Å²) in [6, 6.07) is 5.63. The second-order valence-corrected chi connectivity index (χ2v) is 4.04. The summed E-state index contributed by atoms with van der Waals surface area (Å²) in [6.07, 6.45) is 5.02. The van der Waals surface area contributed by atoms with Crippen LogP contribution < -0.4 is 5.32 Å². The topological polar surface area (TPSA) is 42.2 Å². The molecule has 0 aliphatic heterocycles. The van der Waals surface area contributed by atoms with Gasteiger partial charge in [0.1, 0.15) is 5.52 Å². The molecule has 0 aliphatic carbocycles. The number of anilines is 1. The van der Waals surface area contributed by atoms with Crippen molar-refractivity contribution in [2.24, 2.45) is 0 Å². The van der Waals surface area contributed by atoms with Crippen LogP contribution in [0.2, 0.25) is 0 Å². The van der Waals surface area contributed by atoms with E-state index in [0.717, 1.165) is 11.6 Å². The number of aromatic nitrogens is 3. The van der Waals surface area contributed by atoms with Crippen LogP contribution in [0.5, 0.6) is 0 Å². The summed E-state index contributed by atoms with van der Waals surface area (Å²) < 4.78 is 27.6. The molecule has 96 valence electrons. The molecular formula is C13H10F2N4. The van der Waals surface area contributed by atoms with Crippen molar-refractivity contribution < 1.29 is 8.78 Å². The molecule has 0 aliphatic rings. The number of fused-ring (bicyclic) bond motifs is 1. The molecule has 0 amide bonds. The maximum atomic E-state index is 13.1. The molecule has 0 saturated carbocycles. The van der Waals surface area contributed by atoms with Gasteiger partial charge >= 0.3 is 0 Å². The lowest BCUT2D eigenvalue weighted by Gasteiger charge is -2.07. The molecule has 0 saturated heterocycles. The predicted octanol–water partition coefficient (Wildman–Crippen LogP) is 2.62. The van der Waals surface area contributed by atoms with Gasteiger partial charge in [0.05, 0.1) is 6.20 Å². The zero-order valence-electron chi connectivity index (χ0n) is 9.85. The molecule has 0 spiro atoms. The third kappa shape index (κ3) is 2.24. The van der Waals surface area contributed by atoms with Crippen molar-refractivity contribution in [2.75, 3.05) is 5.32 Å². The molecule has 3 rings (SSSR count). The van der Waals surface area contributed by atoms with Gasteiger partial charge < -0.3 is 5.32 Å². The Morgan fingerprint density at radius 1 is 1.11 bits per heavy atom. The standard InChI is InChI=1S/C13H10F2N4/c14-10-2-1-9(7-11(10)15)8-17-13-12-3-4-18-19(12)6-5-16-13/h1-7H,8H2,(H,16,17). The van der Waals surface area contributed by atoms with E-state index in [4.69, 9.17) is 0 Å². The lowest BCUT2D eigenvalue weighted by atomic mass is 10.2. The third-order valence-electron chi connectivity index (χ3n) is 2.77. The Morgan fingerprint density at radius 3 is 2.84 bits per heavy atom. The first-order valence-electron chi connectivity index (χ1n) is 5.70. The van der Waals surface area contributed by atoms with Crippen LogP contribution in [-0.4, -0.2) is 14.6 Å². The minimum atomic E-state index is -0.852. The average molecular weight is 260 g/mol. The van der Waals surface area contributed by atoms with E-state index in [1.165, 1.54) is 12.1 Å². The van der Waals surface area contributed by atoms with Gasteiger partial charge in [0.15, 0.2) is 17.5 Å². The van der Waals surface area contributed by atoms with E-state index in [0.29, 0.717) is 17.9 Å². The summed E-state index contributed by atoms with van der Waals surface area (Å²) in [7, 11) is 0. The second kappa shape index (κ2) is 4.64. The molecular weight excluding hydrogens is 250 g/mol. The SMILES string of the molecule is Fc1ccc(CNc2nccn3nccc23)cc1F. The van der Waals surface area contributed by atoms with Crippen LogP contribution in [-0.2, 0) is 6.54 Å². The van der Waals surface area contributed by atoms with Crippen molar-refractivity contribution in [2.45, 2.75) is 6.54 Å². The summed E-state index contributed by atoms with van der Waals surface area (Å²) in [5.41, 5.74) is 1.47. The molecule has 0 radical (unpaired) electrons. The summed E-state index contributed by atoms with van der Waals surface area (Å²) in [4.78, 5) is 4.19. The molecule has 2 heterocycles. The lowest BCUT2D eigenvalue weighted by molar-refractivity contribution is 0.507. The van der Waals surface area contributed by atoms with Crippen molar-refractivity contribution in [3.8, 4) is 0 Å². The molecule has 0 bridgehead atoms. The van der Waals surface area contributed by atoms with Crippen LogP contribution in [0.15, 0.2) is 42.9 Å². The number of hydrogen-bond donors (Lipinski definition) is 1. The smallest absolute Gasteiger partial charge is 0.159 e. The minimum Gasteiger partial charge on any atom is -0.364 e. The van der Waals surface area contributed by atoms with Crippen LogP contribution >= 0.6 is 0 Å². The van der Waals surface area contributed by atoms with Crippen LogP contribution in [0, 0.1) is 11.6 Å². The fourth-order valence-electron chi connectivity index (χ4n) is 1.83. The van der Waals surface area contributed by atoms with Crippen molar-refractivity contribution in [1.29, 1.82) is 0 Å². The number of nitrogens with zero attached hydrogens (tertiary/aromatic N) is 3. The number of rotatable bonds is 3. The van der Waals surface area contributed by atoms with E-state index in [1.54, 1.807) is 23.1 Å². The summed E-state index contributed by atoms with van der Waals surface area (Å²) in [5, 5.41) is 7.16. The molecule has 4 nitrogen and oxygen atoms in total. The fraction of sp³-hybridized carbons (Fsp3) is 0.0769. The highest BCUT2D eigenvalue weighted by atomic mass is 19.2. The van der Waals surface area contributed by atoms with Crippen LogP contribution in [0.25, 0.3) is 5.52 Å². The van der Waals surface area contributed by atoms with E-state index in [2.05, 4.69) is 15.4 Å². The lowest BCUT2D eigenvalue weighted by Crippen LogP contribution is -2.04. The van der Waals surface area contributed by atoms with Gasteiger partial charge in [-0.1, -0.05) is 6.07 Å². The average Bonchev–Trinajstić information content (AvgIpc) is 2.89. The molecule has 0 unspecified atom stereocenters. The third-order valence-corrected chi connectivity index (χ3v) is 2.77. The Morgan fingerprint density at radius 2 is 2.00 bits per heavy atom. The van der Waals surface area contributed by atoms with Gasteiger partial charge in [-0.2, -0.15) is 5.10 Å². The van der Waals surface area contributed by atoms with E-state index in [1.807, 2.05) is 6.07 Å². The Balaban J connectivity index is 1.82. The molecule has 6 heteroatoms. The van der Waals surface area contributed by atoms with E-state index in [-0.39, 0.29) is 0 Å². The van der Waals surface area contributed by atoms with E-state index in [9.17, 15) is 8.78 Å². The summed E-state index contributed by atoms with van der Waals surface area (Å²) >= 11 is 0. The molecule has 1 aromatic carbocycles. The Hall–Kier alpha value is -2.50. The zero-order chi connectivity index (χ0) is 13.2. The van der Waals surface area contributed by atoms with Gasteiger partial charge in [0, 0.05) is 18.9 Å². The van der Waals surface area contributed by atoms with Crippen molar-refractivity contribution in [3.05, 3.63) is 60.1 Å². The first-order valence-corrected chi connectivity index (χ1v) is 5.70. The molecule has 3 aromatic rings. The molecule has 0 atom stereocenters. The number of halogens is 2. The Kier molecular flexibility index (Phi) is 2.83. The predicted molar refractivity (Wildman–Crippen MR) is 66.7 cm³/mol. The van der Waals surface area contributed by atoms with Gasteiger partial charge in [-0.25, -0.2) is 18.3 Å². The highest BCUT2D eigenvalue weighted by molar-refractivity contribution is 5.66. The van der Waals surface area contributed by atoms with Crippen LogP contribution in [0.3, 0.4) is 0 Å². The number of benzene rings is 1. The van der Waals surface area contributed by atoms with Crippen LogP contribution in [0.4, 0.5) is 14.6 Å². The fourth-order valence-corrected chi connectivity index (χ4v) is 1.83. The Bertz CT molecular complexity index is 723. The minimum absolute atomic E-state index is 0.356.